The molecule has 0 saturated carbocycles. The normalized spacial score (nSPS) is 12.4. The Morgan fingerprint density at radius 3 is 2.68 bits per heavy atom. The van der Waals surface area contributed by atoms with Crippen LogP contribution in [0.2, 0.25) is 5.02 Å². The number of aromatic nitrogens is 3. The van der Waals surface area contributed by atoms with Gasteiger partial charge in [0.15, 0.2) is 5.82 Å². The molecule has 0 amide bonds. The van der Waals surface area contributed by atoms with Crippen molar-refractivity contribution in [2.45, 2.75) is 13.0 Å². The van der Waals surface area contributed by atoms with E-state index in [-0.39, 0.29) is 5.82 Å². The molecule has 0 fully saturated rings. The largest absolute Gasteiger partial charge is 0.380 e. The van der Waals surface area contributed by atoms with Crippen LogP contribution in [0.3, 0.4) is 0 Å². The first-order chi connectivity index (χ1) is 10.5. The standard InChI is InChI=1S/C16H13ClFN3O/c1-10-19-16(15(22)11-4-2-5-12(17)8-11)21(20-10)14-7-3-6-13(18)9-14/h2-9,15,22H,1H3. The van der Waals surface area contributed by atoms with Gasteiger partial charge in [0.25, 0.3) is 0 Å². The minimum Gasteiger partial charge on any atom is -0.380 e. The van der Waals surface area contributed by atoms with Crippen molar-refractivity contribution in [3.8, 4) is 5.69 Å². The summed E-state index contributed by atoms with van der Waals surface area (Å²) in [5, 5.41) is 15.3. The first-order valence-electron chi connectivity index (χ1n) is 6.67. The fourth-order valence-corrected chi connectivity index (χ4v) is 2.43. The Hall–Kier alpha value is -2.24. The van der Waals surface area contributed by atoms with Gasteiger partial charge < -0.3 is 5.11 Å². The lowest BCUT2D eigenvalue weighted by molar-refractivity contribution is 0.207. The van der Waals surface area contributed by atoms with E-state index >= 15 is 0 Å². The fourth-order valence-electron chi connectivity index (χ4n) is 2.23. The van der Waals surface area contributed by atoms with Gasteiger partial charge in [-0.3, -0.25) is 0 Å². The van der Waals surface area contributed by atoms with Gasteiger partial charge in [0.1, 0.15) is 17.7 Å². The van der Waals surface area contributed by atoms with Crippen LogP contribution >= 0.6 is 11.6 Å². The molecule has 6 heteroatoms. The molecule has 3 aromatic rings. The number of benzene rings is 2. The Morgan fingerprint density at radius 2 is 1.95 bits per heavy atom. The highest BCUT2D eigenvalue weighted by atomic mass is 35.5. The second-order valence-electron chi connectivity index (χ2n) is 4.87. The number of hydrogen-bond donors (Lipinski definition) is 1. The van der Waals surface area contributed by atoms with E-state index in [9.17, 15) is 9.50 Å². The van der Waals surface area contributed by atoms with Crippen LogP contribution in [-0.4, -0.2) is 19.9 Å². The van der Waals surface area contributed by atoms with Crippen molar-refractivity contribution >= 4 is 11.6 Å². The van der Waals surface area contributed by atoms with Gasteiger partial charge in [-0.1, -0.05) is 29.8 Å². The number of nitrogens with zero attached hydrogens (tertiary/aromatic N) is 3. The minimum absolute atomic E-state index is 0.311. The summed E-state index contributed by atoms with van der Waals surface area (Å²) in [6, 6.07) is 12.8. The predicted molar refractivity (Wildman–Crippen MR) is 81.6 cm³/mol. The van der Waals surface area contributed by atoms with Crippen molar-refractivity contribution in [1.29, 1.82) is 0 Å². The molecule has 0 aliphatic rings. The molecule has 0 radical (unpaired) electrons. The zero-order valence-electron chi connectivity index (χ0n) is 11.7. The van der Waals surface area contributed by atoms with Crippen LogP contribution in [0.25, 0.3) is 5.69 Å². The molecule has 0 spiro atoms. The summed E-state index contributed by atoms with van der Waals surface area (Å²) in [5.41, 5.74) is 1.09. The summed E-state index contributed by atoms with van der Waals surface area (Å²) < 4.78 is 14.9. The average Bonchev–Trinajstić information content (AvgIpc) is 2.88. The maximum Gasteiger partial charge on any atom is 0.165 e. The lowest BCUT2D eigenvalue weighted by Gasteiger charge is -2.12. The monoisotopic (exact) mass is 317 g/mol. The lowest BCUT2D eigenvalue weighted by atomic mass is 10.1. The Labute approximate surface area is 131 Å². The minimum atomic E-state index is -1.01. The molecule has 1 aromatic heterocycles. The molecule has 0 aliphatic heterocycles. The van der Waals surface area contributed by atoms with E-state index < -0.39 is 6.10 Å². The number of aryl methyl sites for hydroxylation is 1. The molecule has 1 unspecified atom stereocenters. The van der Waals surface area contributed by atoms with E-state index in [0.29, 0.717) is 27.9 Å². The molecule has 4 nitrogen and oxygen atoms in total. The maximum atomic E-state index is 13.4. The van der Waals surface area contributed by atoms with Crippen LogP contribution in [0.5, 0.6) is 0 Å². The number of rotatable bonds is 3. The molecule has 3 rings (SSSR count). The number of aliphatic hydroxyl groups excluding tert-OH is 1. The highest BCUT2D eigenvalue weighted by Crippen LogP contribution is 2.25. The van der Waals surface area contributed by atoms with Crippen molar-refractivity contribution in [3.05, 3.63) is 76.6 Å². The smallest absolute Gasteiger partial charge is 0.165 e. The SMILES string of the molecule is Cc1nc(C(O)c2cccc(Cl)c2)n(-c2cccc(F)c2)n1. The highest BCUT2D eigenvalue weighted by Gasteiger charge is 2.20. The van der Waals surface area contributed by atoms with Gasteiger partial charge in [-0.15, -0.1) is 0 Å². The molecular formula is C16H13ClFN3O. The van der Waals surface area contributed by atoms with E-state index in [4.69, 9.17) is 11.6 Å². The van der Waals surface area contributed by atoms with Crippen LogP contribution < -0.4 is 0 Å². The molecule has 112 valence electrons. The van der Waals surface area contributed by atoms with Crippen LogP contribution in [0.1, 0.15) is 23.3 Å². The zero-order valence-corrected chi connectivity index (χ0v) is 12.5. The fraction of sp³-hybridized carbons (Fsp3) is 0.125. The first kappa shape index (κ1) is 14.7. The second kappa shape index (κ2) is 5.87. The molecule has 0 saturated heterocycles. The Bertz CT molecular complexity index is 819. The van der Waals surface area contributed by atoms with Crippen molar-refractivity contribution < 1.29 is 9.50 Å². The topological polar surface area (TPSA) is 50.9 Å². The molecule has 2 aromatic carbocycles. The molecule has 0 aliphatic carbocycles. The number of aliphatic hydroxyl groups is 1. The van der Waals surface area contributed by atoms with Crippen molar-refractivity contribution in [1.82, 2.24) is 14.8 Å². The summed E-state index contributed by atoms with van der Waals surface area (Å²) in [6.45, 7) is 1.71. The Balaban J connectivity index is 2.08. The maximum absolute atomic E-state index is 13.4. The van der Waals surface area contributed by atoms with Gasteiger partial charge in [-0.2, -0.15) is 5.10 Å². The highest BCUT2D eigenvalue weighted by molar-refractivity contribution is 6.30. The number of hydrogen-bond acceptors (Lipinski definition) is 3. The van der Waals surface area contributed by atoms with Crippen LogP contribution in [0.15, 0.2) is 48.5 Å². The summed E-state index contributed by atoms with van der Waals surface area (Å²) >= 11 is 5.96. The van der Waals surface area contributed by atoms with Gasteiger partial charge in [0.05, 0.1) is 5.69 Å². The summed E-state index contributed by atoms with van der Waals surface area (Å²) in [6.07, 6.45) is -1.01. The molecule has 22 heavy (non-hydrogen) atoms. The summed E-state index contributed by atoms with van der Waals surface area (Å²) in [4.78, 5) is 4.26. The van der Waals surface area contributed by atoms with Gasteiger partial charge in [-0.05, 0) is 42.8 Å². The quantitative estimate of drug-likeness (QED) is 0.805. The van der Waals surface area contributed by atoms with Gasteiger partial charge in [-0.25, -0.2) is 14.1 Å². The first-order valence-corrected chi connectivity index (χ1v) is 7.05. The second-order valence-corrected chi connectivity index (χ2v) is 5.30. The van der Waals surface area contributed by atoms with E-state index in [1.165, 1.54) is 16.8 Å². The molecule has 1 N–H and O–H groups in total. The van der Waals surface area contributed by atoms with Gasteiger partial charge >= 0.3 is 0 Å². The van der Waals surface area contributed by atoms with Crippen LogP contribution in [0, 0.1) is 12.7 Å². The molecule has 1 atom stereocenters. The van der Waals surface area contributed by atoms with Crippen LogP contribution in [-0.2, 0) is 0 Å². The van der Waals surface area contributed by atoms with Crippen molar-refractivity contribution in [2.75, 3.05) is 0 Å². The van der Waals surface area contributed by atoms with E-state index in [1.54, 1.807) is 43.3 Å². The third kappa shape index (κ3) is 2.86. The van der Waals surface area contributed by atoms with Gasteiger partial charge in [0, 0.05) is 5.02 Å². The van der Waals surface area contributed by atoms with E-state index in [1.807, 2.05) is 0 Å². The van der Waals surface area contributed by atoms with E-state index in [2.05, 4.69) is 10.1 Å². The van der Waals surface area contributed by atoms with Crippen molar-refractivity contribution in [2.24, 2.45) is 0 Å². The zero-order chi connectivity index (χ0) is 15.7. The van der Waals surface area contributed by atoms with E-state index in [0.717, 1.165) is 0 Å². The molecule has 1 heterocycles. The third-order valence-corrected chi connectivity index (χ3v) is 3.43. The molecular weight excluding hydrogens is 305 g/mol. The number of halogens is 2. The Kier molecular flexibility index (Phi) is 3.92. The van der Waals surface area contributed by atoms with Crippen LogP contribution in [0.4, 0.5) is 4.39 Å². The summed E-state index contributed by atoms with van der Waals surface area (Å²) in [7, 11) is 0. The molecule has 0 bridgehead atoms. The Morgan fingerprint density at radius 1 is 1.18 bits per heavy atom. The third-order valence-electron chi connectivity index (χ3n) is 3.20. The predicted octanol–water partition coefficient (Wildman–Crippen LogP) is 3.45. The summed E-state index contributed by atoms with van der Waals surface area (Å²) in [5.74, 6) is 0.416. The van der Waals surface area contributed by atoms with Crippen molar-refractivity contribution in [3.63, 3.8) is 0 Å². The lowest BCUT2D eigenvalue weighted by Crippen LogP contribution is -2.10. The van der Waals surface area contributed by atoms with Gasteiger partial charge in [0.2, 0.25) is 0 Å². The average molecular weight is 318 g/mol.